The summed E-state index contributed by atoms with van der Waals surface area (Å²) in [5.41, 5.74) is -0.00800. The van der Waals surface area contributed by atoms with Crippen LogP contribution in [0.2, 0.25) is 0 Å². The summed E-state index contributed by atoms with van der Waals surface area (Å²) >= 11 is 0. The molecule has 0 saturated heterocycles. The number of esters is 1. The van der Waals surface area contributed by atoms with Crippen molar-refractivity contribution in [2.45, 2.75) is 30.5 Å². The smallest absolute Gasteiger partial charge is 0.432 e. The Labute approximate surface area is 214 Å². The van der Waals surface area contributed by atoms with E-state index in [1.807, 2.05) is 6.07 Å². The SMILES string of the molecule is COC(=O)/C=C(/N(C(C#CCc1ccccc1)c1ccccc1)S(=O)(=O)c1ccc(C)cc1)C(F)(F)F. The van der Waals surface area contributed by atoms with Crippen molar-refractivity contribution in [2.75, 3.05) is 7.11 Å². The quantitative estimate of drug-likeness (QED) is 0.228. The molecule has 0 amide bonds. The van der Waals surface area contributed by atoms with Gasteiger partial charge in [-0.2, -0.15) is 13.2 Å². The van der Waals surface area contributed by atoms with Gasteiger partial charge in [0.1, 0.15) is 11.7 Å². The Balaban J connectivity index is 2.29. The number of nitrogens with zero attached hydrogens (tertiary/aromatic N) is 1. The van der Waals surface area contributed by atoms with Crippen LogP contribution in [0.25, 0.3) is 0 Å². The zero-order valence-corrected chi connectivity index (χ0v) is 20.9. The summed E-state index contributed by atoms with van der Waals surface area (Å²) < 4.78 is 75.4. The first-order chi connectivity index (χ1) is 17.5. The van der Waals surface area contributed by atoms with Crippen molar-refractivity contribution in [3.63, 3.8) is 0 Å². The van der Waals surface area contributed by atoms with E-state index in [2.05, 4.69) is 16.6 Å². The van der Waals surface area contributed by atoms with E-state index in [4.69, 9.17) is 0 Å². The van der Waals surface area contributed by atoms with Gasteiger partial charge in [0.15, 0.2) is 0 Å². The molecule has 0 aliphatic carbocycles. The molecule has 0 N–H and O–H groups in total. The molecule has 3 aromatic rings. The lowest BCUT2D eigenvalue weighted by Crippen LogP contribution is -2.40. The minimum atomic E-state index is -5.24. The summed E-state index contributed by atoms with van der Waals surface area (Å²) in [7, 11) is -3.96. The molecule has 0 aliphatic heterocycles. The van der Waals surface area contributed by atoms with Crippen LogP contribution < -0.4 is 0 Å². The number of halogens is 3. The Morgan fingerprint density at radius 3 is 2.08 bits per heavy atom. The first-order valence-electron chi connectivity index (χ1n) is 11.1. The Kier molecular flexibility index (Phi) is 8.79. The zero-order chi connectivity index (χ0) is 27.1. The van der Waals surface area contributed by atoms with Gasteiger partial charge < -0.3 is 4.74 Å². The van der Waals surface area contributed by atoms with Crippen LogP contribution in [0.1, 0.15) is 22.7 Å². The molecular weight excluding hydrogens is 503 g/mol. The van der Waals surface area contributed by atoms with Crippen LogP contribution in [-0.2, 0) is 26.0 Å². The largest absolute Gasteiger partial charge is 0.466 e. The van der Waals surface area contributed by atoms with E-state index in [1.54, 1.807) is 49.4 Å². The number of aryl methyl sites for hydroxylation is 1. The van der Waals surface area contributed by atoms with Crippen molar-refractivity contribution >= 4 is 16.0 Å². The summed E-state index contributed by atoms with van der Waals surface area (Å²) in [5, 5.41) is 0. The van der Waals surface area contributed by atoms with Crippen LogP contribution in [-0.4, -0.2) is 32.0 Å². The van der Waals surface area contributed by atoms with E-state index in [1.165, 1.54) is 36.4 Å². The van der Waals surface area contributed by atoms with Crippen LogP contribution in [0.15, 0.2) is 102 Å². The number of sulfonamides is 1. The number of rotatable bonds is 7. The predicted molar refractivity (Wildman–Crippen MR) is 133 cm³/mol. The molecule has 0 bridgehead atoms. The molecule has 192 valence electrons. The van der Waals surface area contributed by atoms with Crippen molar-refractivity contribution in [1.29, 1.82) is 0 Å². The molecule has 1 atom stereocenters. The number of allylic oxidation sites excluding steroid dienone is 1. The third-order valence-corrected chi connectivity index (χ3v) is 7.08. The average molecular weight is 528 g/mol. The molecular formula is C28H24F3NO4S. The fourth-order valence-electron chi connectivity index (χ4n) is 3.43. The Bertz CT molecular complexity index is 1410. The third-order valence-electron chi connectivity index (χ3n) is 5.29. The second kappa shape index (κ2) is 11.8. The van der Waals surface area contributed by atoms with Crippen molar-refractivity contribution in [3.05, 3.63) is 113 Å². The average Bonchev–Trinajstić information content (AvgIpc) is 2.88. The van der Waals surface area contributed by atoms with Gasteiger partial charge >= 0.3 is 12.1 Å². The second-order valence-electron chi connectivity index (χ2n) is 7.96. The van der Waals surface area contributed by atoms with Gasteiger partial charge in [-0.05, 0) is 30.2 Å². The predicted octanol–water partition coefficient (Wildman–Crippen LogP) is 5.59. The number of carbonyl (C=O) groups excluding carboxylic acids is 1. The van der Waals surface area contributed by atoms with Gasteiger partial charge in [0, 0.05) is 6.42 Å². The molecule has 3 rings (SSSR count). The lowest BCUT2D eigenvalue weighted by molar-refractivity contribution is -0.136. The highest BCUT2D eigenvalue weighted by Gasteiger charge is 2.46. The molecule has 0 aromatic heterocycles. The molecule has 0 radical (unpaired) electrons. The van der Waals surface area contributed by atoms with E-state index in [0.29, 0.717) is 5.56 Å². The Hall–Kier alpha value is -4.03. The number of methoxy groups -OCH3 is 1. The summed E-state index contributed by atoms with van der Waals surface area (Å²) in [4.78, 5) is 11.6. The minimum absolute atomic E-state index is 0.126. The number of carbonyl (C=O) groups is 1. The maximum absolute atomic E-state index is 14.4. The summed E-state index contributed by atoms with van der Waals surface area (Å²) in [5.74, 6) is 4.18. The zero-order valence-electron chi connectivity index (χ0n) is 20.1. The number of benzene rings is 3. The van der Waals surface area contributed by atoms with Crippen LogP contribution in [0.5, 0.6) is 0 Å². The van der Waals surface area contributed by atoms with Crippen molar-refractivity contribution in [2.24, 2.45) is 0 Å². The van der Waals surface area contributed by atoms with Crippen molar-refractivity contribution < 1.29 is 31.1 Å². The molecule has 0 saturated carbocycles. The van der Waals surface area contributed by atoms with E-state index >= 15 is 0 Å². The first-order valence-corrected chi connectivity index (χ1v) is 12.5. The van der Waals surface area contributed by atoms with Crippen molar-refractivity contribution in [3.8, 4) is 11.8 Å². The fourth-order valence-corrected chi connectivity index (χ4v) is 5.00. The maximum Gasteiger partial charge on any atom is 0.432 e. The second-order valence-corrected chi connectivity index (χ2v) is 9.78. The molecule has 0 aliphatic rings. The summed E-state index contributed by atoms with van der Waals surface area (Å²) in [6, 6.07) is 20.5. The molecule has 9 heteroatoms. The Morgan fingerprint density at radius 1 is 0.973 bits per heavy atom. The van der Waals surface area contributed by atoms with Crippen LogP contribution in [0, 0.1) is 18.8 Å². The molecule has 5 nitrogen and oxygen atoms in total. The molecule has 0 fully saturated rings. The lowest BCUT2D eigenvalue weighted by atomic mass is 10.1. The standard InChI is InChI=1S/C28H24F3NO4S/c1-21-16-18-24(19-17-21)37(34,35)32(26(28(29,30)31)20-27(33)36-2)25(23-13-7-4-8-14-23)15-9-12-22-10-5-3-6-11-22/h3-8,10-11,13-14,16-20,25H,12H2,1-2H3/b26-20+. The number of ether oxygens (including phenoxy) is 1. The van der Waals surface area contributed by atoms with Crippen molar-refractivity contribution in [1.82, 2.24) is 4.31 Å². The summed E-state index contributed by atoms with van der Waals surface area (Å²) in [6.45, 7) is 1.72. The van der Waals surface area contributed by atoms with Gasteiger partial charge in [0.25, 0.3) is 10.0 Å². The highest BCUT2D eigenvalue weighted by molar-refractivity contribution is 7.89. The van der Waals surface area contributed by atoms with Crippen LogP contribution in [0.4, 0.5) is 13.2 Å². The number of alkyl halides is 3. The molecule has 3 aromatic carbocycles. The minimum Gasteiger partial charge on any atom is -0.466 e. The van der Waals surface area contributed by atoms with Gasteiger partial charge in [-0.25, -0.2) is 17.5 Å². The van der Waals surface area contributed by atoms with Gasteiger partial charge in [-0.3, -0.25) is 0 Å². The Morgan fingerprint density at radius 2 is 1.54 bits per heavy atom. The lowest BCUT2D eigenvalue weighted by Gasteiger charge is -2.32. The summed E-state index contributed by atoms with van der Waals surface area (Å²) in [6.07, 6.45) is -4.94. The number of hydrogen-bond acceptors (Lipinski definition) is 4. The monoisotopic (exact) mass is 527 g/mol. The van der Waals surface area contributed by atoms with E-state index in [0.717, 1.165) is 12.7 Å². The van der Waals surface area contributed by atoms with E-state index in [-0.39, 0.29) is 27.3 Å². The van der Waals surface area contributed by atoms with E-state index < -0.39 is 33.9 Å². The third kappa shape index (κ3) is 7.02. The van der Waals surface area contributed by atoms with Crippen LogP contribution in [0.3, 0.4) is 0 Å². The normalized spacial score (nSPS) is 12.7. The van der Waals surface area contributed by atoms with E-state index in [9.17, 15) is 26.4 Å². The van der Waals surface area contributed by atoms with Gasteiger partial charge in [0.2, 0.25) is 0 Å². The first kappa shape index (κ1) is 27.6. The topological polar surface area (TPSA) is 63.7 Å². The highest BCUT2D eigenvalue weighted by Crippen LogP contribution is 2.39. The maximum atomic E-state index is 14.4. The van der Waals surface area contributed by atoms with Gasteiger partial charge in [-0.15, -0.1) is 0 Å². The number of hydrogen-bond donors (Lipinski definition) is 0. The van der Waals surface area contributed by atoms with Crippen LogP contribution >= 0.6 is 0 Å². The molecule has 1 unspecified atom stereocenters. The van der Waals surface area contributed by atoms with Gasteiger partial charge in [0.05, 0.1) is 18.1 Å². The molecule has 0 heterocycles. The molecule has 37 heavy (non-hydrogen) atoms. The molecule has 0 spiro atoms. The van der Waals surface area contributed by atoms with Gasteiger partial charge in [-0.1, -0.05) is 90.2 Å². The fraction of sp³-hybridized carbons (Fsp3) is 0.179. The highest BCUT2D eigenvalue weighted by atomic mass is 32.2.